The fraction of sp³-hybridized carbons (Fsp3) is 0.250. The van der Waals surface area contributed by atoms with Crippen LogP contribution in [0.15, 0.2) is 50.5 Å². The minimum Gasteiger partial charge on any atom is -0.484 e. The van der Waals surface area contributed by atoms with Gasteiger partial charge in [-0.15, -0.1) is 10.2 Å². The van der Waals surface area contributed by atoms with E-state index in [2.05, 4.69) is 37.5 Å². The lowest BCUT2D eigenvalue weighted by Gasteiger charge is -2.06. The number of halogens is 1. The van der Waals surface area contributed by atoms with Gasteiger partial charge in [0.15, 0.2) is 6.61 Å². The van der Waals surface area contributed by atoms with Gasteiger partial charge in [0.05, 0.1) is 5.75 Å². The predicted octanol–water partition coefficient (Wildman–Crippen LogP) is 5.07. The molecule has 146 valence electrons. The lowest BCUT2D eigenvalue weighted by molar-refractivity contribution is -0.113. The number of anilines is 1. The SMILES string of the molecule is Cc1cc(C)cc(OCc2nnc(SCC(=O)Nc3ccc(C)c(Br)c3)o2)c1. The van der Waals surface area contributed by atoms with Gasteiger partial charge in [-0.2, -0.15) is 0 Å². The van der Waals surface area contributed by atoms with Crippen LogP contribution in [0.5, 0.6) is 5.75 Å². The van der Waals surface area contributed by atoms with Crippen LogP contribution in [0, 0.1) is 20.8 Å². The Morgan fingerprint density at radius 2 is 1.89 bits per heavy atom. The smallest absolute Gasteiger partial charge is 0.277 e. The minimum atomic E-state index is -0.146. The molecule has 0 aliphatic rings. The van der Waals surface area contributed by atoms with E-state index in [-0.39, 0.29) is 18.3 Å². The molecule has 0 aliphatic carbocycles. The van der Waals surface area contributed by atoms with Crippen molar-refractivity contribution in [2.75, 3.05) is 11.1 Å². The van der Waals surface area contributed by atoms with Crippen molar-refractivity contribution >= 4 is 39.3 Å². The second kappa shape index (κ2) is 9.25. The van der Waals surface area contributed by atoms with Gasteiger partial charge in [-0.05, 0) is 61.7 Å². The van der Waals surface area contributed by atoms with Crippen LogP contribution in [-0.4, -0.2) is 21.9 Å². The summed E-state index contributed by atoms with van der Waals surface area (Å²) in [5, 5.41) is 11.1. The topological polar surface area (TPSA) is 77.2 Å². The minimum absolute atomic E-state index is 0.146. The molecule has 0 atom stereocenters. The molecule has 0 aliphatic heterocycles. The Morgan fingerprint density at radius 3 is 2.61 bits per heavy atom. The van der Waals surface area contributed by atoms with Crippen LogP contribution >= 0.6 is 27.7 Å². The Labute approximate surface area is 176 Å². The number of ether oxygens (including phenoxy) is 1. The maximum atomic E-state index is 12.1. The Hall–Kier alpha value is -2.32. The molecule has 1 N–H and O–H groups in total. The molecule has 0 saturated heterocycles. The van der Waals surface area contributed by atoms with Gasteiger partial charge < -0.3 is 14.5 Å². The number of hydrogen-bond donors (Lipinski definition) is 1. The van der Waals surface area contributed by atoms with Gasteiger partial charge in [-0.3, -0.25) is 4.79 Å². The van der Waals surface area contributed by atoms with Crippen LogP contribution in [0.25, 0.3) is 0 Å². The summed E-state index contributed by atoms with van der Waals surface area (Å²) in [6, 6.07) is 11.6. The van der Waals surface area contributed by atoms with E-state index < -0.39 is 0 Å². The number of carbonyl (C=O) groups excluding carboxylic acids is 1. The van der Waals surface area contributed by atoms with Gasteiger partial charge >= 0.3 is 0 Å². The van der Waals surface area contributed by atoms with Gasteiger partial charge in [0, 0.05) is 10.2 Å². The van der Waals surface area contributed by atoms with Gasteiger partial charge in [-0.1, -0.05) is 39.8 Å². The largest absolute Gasteiger partial charge is 0.484 e. The van der Waals surface area contributed by atoms with E-state index in [4.69, 9.17) is 9.15 Å². The molecular weight excluding hydrogens is 442 g/mol. The standard InChI is InChI=1S/C20H20BrN3O3S/c1-12-6-13(2)8-16(7-12)26-10-19-23-24-20(27-19)28-11-18(25)22-15-5-4-14(3)17(21)9-15/h4-9H,10-11H2,1-3H3,(H,22,25). The lowest BCUT2D eigenvalue weighted by atomic mass is 10.1. The first-order valence-electron chi connectivity index (χ1n) is 8.61. The first kappa shape index (κ1) is 20.4. The van der Waals surface area contributed by atoms with E-state index in [0.717, 1.165) is 32.6 Å². The fourth-order valence-corrected chi connectivity index (χ4v) is 3.47. The van der Waals surface area contributed by atoms with E-state index >= 15 is 0 Å². The molecule has 0 bridgehead atoms. The molecule has 0 saturated carbocycles. The molecule has 3 aromatic rings. The zero-order chi connectivity index (χ0) is 20.1. The Morgan fingerprint density at radius 1 is 1.14 bits per heavy atom. The molecule has 0 unspecified atom stereocenters. The Balaban J connectivity index is 1.48. The maximum Gasteiger partial charge on any atom is 0.277 e. The number of hydrogen-bond acceptors (Lipinski definition) is 6. The van der Waals surface area contributed by atoms with E-state index in [0.29, 0.717) is 11.1 Å². The summed E-state index contributed by atoms with van der Waals surface area (Å²) in [5.41, 5.74) is 4.09. The van der Waals surface area contributed by atoms with Crippen LogP contribution in [0.3, 0.4) is 0 Å². The van der Waals surface area contributed by atoms with E-state index in [1.807, 2.05) is 51.1 Å². The Kier molecular flexibility index (Phi) is 6.74. The number of rotatable bonds is 7. The average Bonchev–Trinajstić information content (AvgIpc) is 3.09. The number of aromatic nitrogens is 2. The normalized spacial score (nSPS) is 10.7. The van der Waals surface area contributed by atoms with Crippen molar-refractivity contribution in [3.05, 3.63) is 63.5 Å². The van der Waals surface area contributed by atoms with Crippen molar-refractivity contribution in [1.82, 2.24) is 10.2 Å². The number of thioether (sulfide) groups is 1. The molecule has 0 fully saturated rings. The van der Waals surface area contributed by atoms with Gasteiger partial charge in [0.1, 0.15) is 5.75 Å². The summed E-state index contributed by atoms with van der Waals surface area (Å²) >= 11 is 4.64. The van der Waals surface area contributed by atoms with Crippen molar-refractivity contribution in [2.24, 2.45) is 0 Å². The number of benzene rings is 2. The van der Waals surface area contributed by atoms with Crippen LogP contribution in [-0.2, 0) is 11.4 Å². The first-order chi connectivity index (χ1) is 13.4. The summed E-state index contributed by atoms with van der Waals surface area (Å²) in [5.74, 6) is 1.15. The molecule has 1 heterocycles. The third-order valence-corrected chi connectivity index (χ3v) is 5.46. The monoisotopic (exact) mass is 461 g/mol. The summed E-state index contributed by atoms with van der Waals surface area (Å²) in [4.78, 5) is 12.1. The molecule has 2 aromatic carbocycles. The average molecular weight is 462 g/mol. The van der Waals surface area contributed by atoms with E-state index in [1.165, 1.54) is 11.8 Å². The lowest BCUT2D eigenvalue weighted by Crippen LogP contribution is -2.14. The molecule has 6 nitrogen and oxygen atoms in total. The number of nitrogens with zero attached hydrogens (tertiary/aromatic N) is 2. The van der Waals surface area contributed by atoms with Crippen molar-refractivity contribution in [3.8, 4) is 5.75 Å². The fourth-order valence-electron chi connectivity index (χ4n) is 2.51. The number of aryl methyl sites for hydroxylation is 3. The van der Waals surface area contributed by atoms with Gasteiger partial charge in [0.25, 0.3) is 11.1 Å². The highest BCUT2D eigenvalue weighted by molar-refractivity contribution is 9.10. The quantitative estimate of drug-likeness (QED) is 0.495. The van der Waals surface area contributed by atoms with Crippen LogP contribution in [0.4, 0.5) is 5.69 Å². The molecular formula is C20H20BrN3O3S. The van der Waals surface area contributed by atoms with E-state index in [1.54, 1.807) is 0 Å². The molecule has 1 aromatic heterocycles. The van der Waals surface area contributed by atoms with Crippen LogP contribution < -0.4 is 10.1 Å². The van der Waals surface area contributed by atoms with Crippen molar-refractivity contribution in [3.63, 3.8) is 0 Å². The third kappa shape index (κ3) is 5.84. The molecule has 0 radical (unpaired) electrons. The van der Waals surface area contributed by atoms with Gasteiger partial charge in [-0.25, -0.2) is 0 Å². The maximum absolute atomic E-state index is 12.1. The molecule has 3 rings (SSSR count). The highest BCUT2D eigenvalue weighted by atomic mass is 79.9. The molecule has 1 amide bonds. The second-order valence-corrected chi connectivity index (χ2v) is 8.16. The van der Waals surface area contributed by atoms with Crippen LogP contribution in [0.2, 0.25) is 0 Å². The van der Waals surface area contributed by atoms with E-state index in [9.17, 15) is 4.79 Å². The zero-order valence-corrected chi connectivity index (χ0v) is 18.2. The van der Waals surface area contributed by atoms with Crippen LogP contribution in [0.1, 0.15) is 22.6 Å². The van der Waals surface area contributed by atoms with Crippen molar-refractivity contribution < 1.29 is 13.9 Å². The molecule has 8 heteroatoms. The predicted molar refractivity (Wildman–Crippen MR) is 113 cm³/mol. The number of amides is 1. The number of nitrogens with one attached hydrogen (secondary N) is 1. The second-order valence-electron chi connectivity index (χ2n) is 6.37. The highest BCUT2D eigenvalue weighted by Gasteiger charge is 2.11. The third-order valence-electron chi connectivity index (χ3n) is 3.79. The summed E-state index contributed by atoms with van der Waals surface area (Å²) in [6.45, 7) is 6.20. The summed E-state index contributed by atoms with van der Waals surface area (Å²) in [7, 11) is 0. The summed E-state index contributed by atoms with van der Waals surface area (Å²) < 4.78 is 12.2. The first-order valence-corrected chi connectivity index (χ1v) is 10.4. The molecule has 28 heavy (non-hydrogen) atoms. The summed E-state index contributed by atoms with van der Waals surface area (Å²) in [6.07, 6.45) is 0. The van der Waals surface area contributed by atoms with Crippen molar-refractivity contribution in [2.45, 2.75) is 32.6 Å². The van der Waals surface area contributed by atoms with Gasteiger partial charge in [0.2, 0.25) is 5.91 Å². The highest BCUT2D eigenvalue weighted by Crippen LogP contribution is 2.22. The Bertz CT molecular complexity index is 970. The molecule has 0 spiro atoms. The van der Waals surface area contributed by atoms with Crippen molar-refractivity contribution in [1.29, 1.82) is 0 Å². The number of carbonyl (C=O) groups is 1. The zero-order valence-electron chi connectivity index (χ0n) is 15.8.